The number of aromatic amines is 1. The van der Waals surface area contributed by atoms with Crippen LogP contribution in [0.4, 0.5) is 0 Å². The maximum atomic E-state index is 13.8. The van der Waals surface area contributed by atoms with Crippen LogP contribution in [-0.4, -0.2) is 39.3 Å². The number of fused-ring (bicyclic) bond motifs is 1. The number of nitrogens with one attached hydrogen (secondary N) is 1. The van der Waals surface area contributed by atoms with Crippen LogP contribution in [0.3, 0.4) is 0 Å². The van der Waals surface area contributed by atoms with Gasteiger partial charge in [-0.1, -0.05) is 24.3 Å². The van der Waals surface area contributed by atoms with Gasteiger partial charge in [-0.15, -0.1) is 15.3 Å². The number of hydrogen-bond acceptors (Lipinski definition) is 5. The summed E-state index contributed by atoms with van der Waals surface area (Å²) in [5, 5.41) is 17.8. The maximum Gasteiger partial charge on any atom is 0.279 e. The number of pyridine rings is 1. The highest BCUT2D eigenvalue weighted by Gasteiger charge is 2.48. The Bertz CT molecular complexity index is 1680. The van der Waals surface area contributed by atoms with Crippen molar-refractivity contribution in [3.8, 4) is 16.9 Å². The van der Waals surface area contributed by atoms with Gasteiger partial charge in [0.2, 0.25) is 0 Å². The summed E-state index contributed by atoms with van der Waals surface area (Å²) in [5.41, 5.74) is 5.52. The van der Waals surface area contributed by atoms with E-state index < -0.39 is 0 Å². The van der Waals surface area contributed by atoms with Crippen molar-refractivity contribution < 1.29 is 0 Å². The highest BCUT2D eigenvalue weighted by Crippen LogP contribution is 2.51. The molecule has 5 aromatic rings. The lowest BCUT2D eigenvalue weighted by Gasteiger charge is -2.46. The monoisotopic (exact) mass is 480 g/mol. The van der Waals surface area contributed by atoms with Crippen LogP contribution in [0.2, 0.25) is 0 Å². The number of nitrogens with zero attached hydrogens (tertiary/aromatic N) is 7. The minimum Gasteiger partial charge on any atom is -0.356 e. The van der Waals surface area contributed by atoms with Gasteiger partial charge in [-0.05, 0) is 60.8 Å². The van der Waals surface area contributed by atoms with Crippen molar-refractivity contribution in [3.05, 3.63) is 76.5 Å². The van der Waals surface area contributed by atoms with Gasteiger partial charge in [0.1, 0.15) is 17.7 Å². The van der Waals surface area contributed by atoms with Crippen LogP contribution < -0.4 is 5.56 Å². The van der Waals surface area contributed by atoms with Gasteiger partial charge in [0.05, 0.1) is 17.3 Å². The van der Waals surface area contributed by atoms with E-state index in [1.165, 1.54) is 11.1 Å². The zero-order valence-corrected chi connectivity index (χ0v) is 20.6. The number of hydrogen-bond donors (Lipinski definition) is 1. The highest BCUT2D eigenvalue weighted by atomic mass is 16.1. The summed E-state index contributed by atoms with van der Waals surface area (Å²) in [5.74, 6) is 2.05. The Morgan fingerprint density at radius 3 is 2.64 bits per heavy atom. The van der Waals surface area contributed by atoms with Crippen molar-refractivity contribution in [2.45, 2.75) is 43.9 Å². The molecule has 0 atom stereocenters. The molecule has 4 aromatic heterocycles. The summed E-state index contributed by atoms with van der Waals surface area (Å²) in [7, 11) is 3.88. The molecule has 2 fully saturated rings. The van der Waals surface area contributed by atoms with Gasteiger partial charge >= 0.3 is 0 Å². The summed E-state index contributed by atoms with van der Waals surface area (Å²) < 4.78 is 5.59. The van der Waals surface area contributed by atoms with Crippen molar-refractivity contribution >= 4 is 10.9 Å². The first kappa shape index (κ1) is 21.3. The minimum absolute atomic E-state index is 0.0531. The molecule has 36 heavy (non-hydrogen) atoms. The first-order valence-corrected chi connectivity index (χ1v) is 12.5. The van der Waals surface area contributed by atoms with Gasteiger partial charge in [-0.3, -0.25) is 9.36 Å². The molecule has 0 amide bonds. The molecular weight excluding hydrogens is 452 g/mol. The van der Waals surface area contributed by atoms with Gasteiger partial charge in [0, 0.05) is 43.1 Å². The molecule has 182 valence electrons. The second kappa shape index (κ2) is 7.49. The van der Waals surface area contributed by atoms with E-state index in [2.05, 4.69) is 56.8 Å². The molecule has 9 heteroatoms. The fourth-order valence-electron chi connectivity index (χ4n) is 6.25. The predicted octanol–water partition coefficient (Wildman–Crippen LogP) is 3.84. The SMILES string of the molecule is Cn1nncc1-c1c[nH]c2c(=O)n(-c3cccc([C@]4(c5nncn5C)C[C@@H](C)C4)c3)cc(C3CC3)c12. The van der Waals surface area contributed by atoms with Crippen LogP contribution in [-0.2, 0) is 19.5 Å². The molecule has 0 unspecified atom stereocenters. The average molecular weight is 481 g/mol. The molecule has 7 rings (SSSR count). The van der Waals surface area contributed by atoms with Gasteiger partial charge in [0.25, 0.3) is 5.56 Å². The van der Waals surface area contributed by atoms with E-state index in [4.69, 9.17) is 0 Å². The summed E-state index contributed by atoms with van der Waals surface area (Å²) in [6, 6.07) is 8.41. The van der Waals surface area contributed by atoms with Crippen LogP contribution in [0.1, 0.15) is 55.5 Å². The quantitative estimate of drug-likeness (QED) is 0.412. The zero-order chi connectivity index (χ0) is 24.6. The summed E-state index contributed by atoms with van der Waals surface area (Å²) >= 11 is 0. The molecule has 0 radical (unpaired) electrons. The van der Waals surface area contributed by atoms with E-state index in [1.54, 1.807) is 17.2 Å². The lowest BCUT2D eigenvalue weighted by Crippen LogP contribution is -2.43. The number of aromatic nitrogens is 8. The van der Waals surface area contributed by atoms with Gasteiger partial charge in [0.15, 0.2) is 0 Å². The molecule has 9 nitrogen and oxygen atoms in total. The summed E-state index contributed by atoms with van der Waals surface area (Å²) in [4.78, 5) is 17.1. The number of H-pyrrole nitrogens is 1. The Balaban J connectivity index is 1.41. The first-order chi connectivity index (χ1) is 17.5. The normalized spacial score (nSPS) is 21.7. The van der Waals surface area contributed by atoms with Gasteiger partial charge in [-0.25, -0.2) is 4.68 Å². The molecule has 0 bridgehead atoms. The highest BCUT2D eigenvalue weighted by molar-refractivity contribution is 5.97. The molecule has 0 saturated heterocycles. The third-order valence-corrected chi connectivity index (χ3v) is 8.09. The standard InChI is InChI=1S/C27H28N8O/c1-16-10-27(11-16,26-31-30-15-33(26)2)18-5-4-6-19(9-18)35-14-21(17-7-8-17)23-20(12-28-24(23)25(35)36)22-13-29-32-34(22)3/h4-6,9,12-17,28H,7-8,10-11H2,1-3H3/t16-,27+. The van der Waals surface area contributed by atoms with E-state index >= 15 is 0 Å². The summed E-state index contributed by atoms with van der Waals surface area (Å²) in [6.45, 7) is 2.28. The summed E-state index contributed by atoms with van der Waals surface area (Å²) in [6.07, 6.45) is 11.8. The zero-order valence-electron chi connectivity index (χ0n) is 20.6. The number of rotatable bonds is 5. The molecular formula is C27H28N8O. The smallest absolute Gasteiger partial charge is 0.279 e. The predicted molar refractivity (Wildman–Crippen MR) is 136 cm³/mol. The molecule has 2 saturated carbocycles. The average Bonchev–Trinajstić information content (AvgIpc) is 3.22. The molecule has 1 N–H and O–H groups in total. The van der Waals surface area contributed by atoms with Crippen LogP contribution in [0.15, 0.2) is 54.0 Å². The third-order valence-electron chi connectivity index (χ3n) is 8.09. The lowest BCUT2D eigenvalue weighted by atomic mass is 9.58. The van der Waals surface area contributed by atoms with Gasteiger partial charge in [-0.2, -0.15) is 0 Å². The largest absolute Gasteiger partial charge is 0.356 e. The fraction of sp³-hybridized carbons (Fsp3) is 0.370. The molecule has 0 aliphatic heterocycles. The van der Waals surface area contributed by atoms with Gasteiger partial charge < -0.3 is 9.55 Å². The Morgan fingerprint density at radius 1 is 1.14 bits per heavy atom. The van der Waals surface area contributed by atoms with E-state index in [0.29, 0.717) is 17.4 Å². The van der Waals surface area contributed by atoms with Crippen molar-refractivity contribution in [1.29, 1.82) is 0 Å². The van der Waals surface area contributed by atoms with Crippen LogP contribution >= 0.6 is 0 Å². The molecule has 2 aliphatic carbocycles. The fourth-order valence-corrected chi connectivity index (χ4v) is 6.25. The molecule has 2 aliphatic rings. The Morgan fingerprint density at radius 2 is 1.97 bits per heavy atom. The maximum absolute atomic E-state index is 13.8. The van der Waals surface area contributed by atoms with E-state index in [9.17, 15) is 4.79 Å². The molecule has 1 aromatic carbocycles. The van der Waals surface area contributed by atoms with E-state index in [1.807, 2.05) is 35.5 Å². The molecule has 0 spiro atoms. The minimum atomic E-state index is -0.181. The van der Waals surface area contributed by atoms with Crippen molar-refractivity contribution in [1.82, 2.24) is 39.3 Å². The van der Waals surface area contributed by atoms with Crippen LogP contribution in [0, 0.1) is 5.92 Å². The Kier molecular flexibility index (Phi) is 4.43. The Hall–Kier alpha value is -4.01. The number of aryl methyl sites for hydroxylation is 2. The third kappa shape index (κ3) is 2.98. The van der Waals surface area contributed by atoms with Crippen molar-refractivity contribution in [2.75, 3.05) is 0 Å². The number of benzene rings is 1. The second-order valence-electron chi connectivity index (χ2n) is 10.6. The molecule has 4 heterocycles. The van der Waals surface area contributed by atoms with E-state index in [0.717, 1.165) is 53.8 Å². The second-order valence-corrected chi connectivity index (χ2v) is 10.6. The van der Waals surface area contributed by atoms with E-state index in [-0.39, 0.29) is 11.0 Å². The Labute approximate surface area is 207 Å². The van der Waals surface area contributed by atoms with Crippen molar-refractivity contribution in [2.24, 2.45) is 20.0 Å². The van der Waals surface area contributed by atoms with Crippen LogP contribution in [0.25, 0.3) is 27.8 Å². The van der Waals surface area contributed by atoms with Crippen LogP contribution in [0.5, 0.6) is 0 Å². The van der Waals surface area contributed by atoms with Crippen molar-refractivity contribution in [3.63, 3.8) is 0 Å². The topological polar surface area (TPSA) is 99.2 Å². The lowest BCUT2D eigenvalue weighted by molar-refractivity contribution is 0.185. The first-order valence-electron chi connectivity index (χ1n) is 12.5.